The predicted molar refractivity (Wildman–Crippen MR) is 92.7 cm³/mol. The molecule has 0 radical (unpaired) electrons. The van der Waals surface area contributed by atoms with Gasteiger partial charge in [0.25, 0.3) is 0 Å². The lowest BCUT2D eigenvalue weighted by Gasteiger charge is -2.42. The topological polar surface area (TPSA) is 56.2 Å². The van der Waals surface area contributed by atoms with Gasteiger partial charge in [0.2, 0.25) is 5.91 Å². The van der Waals surface area contributed by atoms with Crippen LogP contribution in [0.1, 0.15) is 36.4 Å². The van der Waals surface area contributed by atoms with Gasteiger partial charge in [0.05, 0.1) is 25.3 Å². The molecule has 2 heterocycles. The van der Waals surface area contributed by atoms with Crippen molar-refractivity contribution in [3.63, 3.8) is 0 Å². The molecule has 0 unspecified atom stereocenters. The van der Waals surface area contributed by atoms with E-state index in [-0.39, 0.29) is 31.4 Å². The number of nitrogens with zero attached hydrogens (tertiary/aromatic N) is 2. The van der Waals surface area contributed by atoms with Gasteiger partial charge in [0, 0.05) is 23.9 Å². The maximum absolute atomic E-state index is 14.2. The standard InChI is InChI=1S/C19H24FN3O2/c1-4-16-13(17(5-2)23(3)22-16)10-18(24)21-19(11-25-12-19)14-8-6-7-9-15(14)20/h6-9H,4-5,10-12H2,1-3H3,(H,21,24). The molecule has 1 N–H and O–H groups in total. The number of ether oxygens (including phenoxy) is 1. The second kappa shape index (κ2) is 6.96. The van der Waals surface area contributed by atoms with Gasteiger partial charge in [-0.2, -0.15) is 5.10 Å². The number of carbonyl (C=O) groups is 1. The van der Waals surface area contributed by atoms with Gasteiger partial charge < -0.3 is 10.1 Å². The highest BCUT2D eigenvalue weighted by Gasteiger charge is 2.43. The third-order valence-corrected chi connectivity index (χ3v) is 4.83. The van der Waals surface area contributed by atoms with Crippen LogP contribution in [0, 0.1) is 5.82 Å². The van der Waals surface area contributed by atoms with Crippen molar-refractivity contribution in [3.05, 3.63) is 52.6 Å². The fourth-order valence-electron chi connectivity index (χ4n) is 3.52. The number of nitrogens with one attached hydrogen (secondary N) is 1. The van der Waals surface area contributed by atoms with E-state index in [0.717, 1.165) is 29.8 Å². The summed E-state index contributed by atoms with van der Waals surface area (Å²) in [6.45, 7) is 4.66. The van der Waals surface area contributed by atoms with Crippen LogP contribution in [0.15, 0.2) is 24.3 Å². The molecule has 1 aromatic heterocycles. The van der Waals surface area contributed by atoms with Crippen molar-refractivity contribution in [2.75, 3.05) is 13.2 Å². The number of amides is 1. The fourth-order valence-corrected chi connectivity index (χ4v) is 3.52. The number of halogens is 1. The van der Waals surface area contributed by atoms with Crippen molar-refractivity contribution in [2.45, 2.75) is 38.6 Å². The zero-order valence-corrected chi connectivity index (χ0v) is 14.9. The highest BCUT2D eigenvalue weighted by atomic mass is 19.1. The minimum atomic E-state index is -0.774. The van der Waals surface area contributed by atoms with Crippen LogP contribution in [0.2, 0.25) is 0 Å². The Hall–Kier alpha value is -2.21. The first-order valence-corrected chi connectivity index (χ1v) is 8.68. The summed E-state index contributed by atoms with van der Waals surface area (Å²) in [5, 5.41) is 7.51. The van der Waals surface area contributed by atoms with Gasteiger partial charge in [-0.05, 0) is 18.9 Å². The maximum atomic E-state index is 14.2. The molecular formula is C19H24FN3O2. The monoisotopic (exact) mass is 345 g/mol. The van der Waals surface area contributed by atoms with Crippen LogP contribution in [0.3, 0.4) is 0 Å². The molecule has 25 heavy (non-hydrogen) atoms. The zero-order valence-electron chi connectivity index (χ0n) is 14.9. The van der Waals surface area contributed by atoms with Crippen LogP contribution in [0.25, 0.3) is 0 Å². The van der Waals surface area contributed by atoms with Crippen molar-refractivity contribution in [1.82, 2.24) is 15.1 Å². The van der Waals surface area contributed by atoms with Crippen molar-refractivity contribution in [3.8, 4) is 0 Å². The summed E-state index contributed by atoms with van der Waals surface area (Å²) in [4.78, 5) is 12.7. The Morgan fingerprint density at radius 2 is 2.04 bits per heavy atom. The molecule has 1 fully saturated rings. The lowest BCUT2D eigenvalue weighted by Crippen LogP contribution is -2.60. The van der Waals surface area contributed by atoms with E-state index in [2.05, 4.69) is 17.3 Å². The number of hydrogen-bond donors (Lipinski definition) is 1. The average Bonchev–Trinajstić information content (AvgIpc) is 2.86. The third kappa shape index (κ3) is 3.18. The van der Waals surface area contributed by atoms with Crippen molar-refractivity contribution < 1.29 is 13.9 Å². The average molecular weight is 345 g/mol. The molecule has 0 spiro atoms. The number of hydrogen-bond acceptors (Lipinski definition) is 3. The largest absolute Gasteiger partial charge is 0.376 e. The number of benzene rings is 1. The first-order chi connectivity index (χ1) is 12.0. The quantitative estimate of drug-likeness (QED) is 0.874. The molecule has 1 saturated heterocycles. The Kier molecular flexibility index (Phi) is 4.90. The van der Waals surface area contributed by atoms with E-state index in [0.29, 0.717) is 5.56 Å². The lowest BCUT2D eigenvalue weighted by molar-refractivity contribution is -0.133. The molecule has 0 saturated carbocycles. The van der Waals surface area contributed by atoms with E-state index in [4.69, 9.17) is 4.74 Å². The SMILES string of the molecule is CCc1nn(C)c(CC)c1CC(=O)NC1(c2ccccc2F)COC1. The van der Waals surface area contributed by atoms with Gasteiger partial charge in [-0.25, -0.2) is 4.39 Å². The number of carbonyl (C=O) groups excluding carboxylic acids is 1. The summed E-state index contributed by atoms with van der Waals surface area (Å²) in [6, 6.07) is 6.53. The van der Waals surface area contributed by atoms with Gasteiger partial charge >= 0.3 is 0 Å². The van der Waals surface area contributed by atoms with Crippen molar-refractivity contribution in [2.24, 2.45) is 7.05 Å². The molecule has 1 aromatic carbocycles. The van der Waals surface area contributed by atoms with Crippen LogP contribution in [0.5, 0.6) is 0 Å². The van der Waals surface area contributed by atoms with Gasteiger partial charge in [-0.3, -0.25) is 9.48 Å². The predicted octanol–water partition coefficient (Wildman–Crippen LogP) is 2.27. The fraction of sp³-hybridized carbons (Fsp3) is 0.474. The summed E-state index contributed by atoms with van der Waals surface area (Å²) in [7, 11) is 1.90. The Balaban J connectivity index is 1.82. The van der Waals surface area contributed by atoms with Crippen LogP contribution in [0.4, 0.5) is 4.39 Å². The Bertz CT molecular complexity index is 781. The normalized spacial score (nSPS) is 15.7. The first-order valence-electron chi connectivity index (χ1n) is 8.68. The third-order valence-electron chi connectivity index (χ3n) is 4.83. The minimum Gasteiger partial charge on any atom is -0.376 e. The number of aryl methyl sites for hydroxylation is 2. The molecule has 3 rings (SSSR count). The van der Waals surface area contributed by atoms with Gasteiger partial charge in [0.15, 0.2) is 0 Å². The molecule has 1 aliphatic rings. The minimum absolute atomic E-state index is 0.135. The van der Waals surface area contributed by atoms with E-state index in [1.165, 1.54) is 6.07 Å². The molecule has 1 aliphatic heterocycles. The number of aromatic nitrogens is 2. The van der Waals surface area contributed by atoms with Gasteiger partial charge in [0.1, 0.15) is 11.4 Å². The highest BCUT2D eigenvalue weighted by Crippen LogP contribution is 2.31. The molecule has 1 amide bonds. The van der Waals surface area contributed by atoms with E-state index in [9.17, 15) is 9.18 Å². The van der Waals surface area contributed by atoms with Crippen LogP contribution < -0.4 is 5.32 Å². The molecule has 134 valence electrons. The summed E-state index contributed by atoms with van der Waals surface area (Å²) in [6.07, 6.45) is 1.84. The second-order valence-electron chi connectivity index (χ2n) is 6.48. The molecule has 0 bridgehead atoms. The summed E-state index contributed by atoms with van der Waals surface area (Å²) >= 11 is 0. The number of rotatable bonds is 6. The summed E-state index contributed by atoms with van der Waals surface area (Å²) < 4.78 is 21.3. The Labute approximate surface area is 147 Å². The molecule has 0 aliphatic carbocycles. The van der Waals surface area contributed by atoms with Crippen LogP contribution >= 0.6 is 0 Å². The van der Waals surface area contributed by atoms with Crippen LogP contribution in [-0.4, -0.2) is 28.9 Å². The van der Waals surface area contributed by atoms with E-state index in [1.54, 1.807) is 18.2 Å². The smallest absolute Gasteiger partial charge is 0.225 e. The summed E-state index contributed by atoms with van der Waals surface area (Å²) in [5.74, 6) is -0.458. The molecular weight excluding hydrogens is 321 g/mol. The van der Waals surface area contributed by atoms with Gasteiger partial charge in [-0.15, -0.1) is 0 Å². The first kappa shape index (κ1) is 17.6. The van der Waals surface area contributed by atoms with Crippen LogP contribution in [-0.2, 0) is 41.4 Å². The van der Waals surface area contributed by atoms with Crippen molar-refractivity contribution >= 4 is 5.91 Å². The maximum Gasteiger partial charge on any atom is 0.225 e. The second-order valence-corrected chi connectivity index (χ2v) is 6.48. The Morgan fingerprint density at radius 1 is 1.32 bits per heavy atom. The molecule has 5 nitrogen and oxygen atoms in total. The lowest BCUT2D eigenvalue weighted by atomic mass is 9.87. The van der Waals surface area contributed by atoms with Gasteiger partial charge in [-0.1, -0.05) is 32.0 Å². The molecule has 0 atom stereocenters. The summed E-state index contributed by atoms with van der Waals surface area (Å²) in [5.41, 5.74) is 2.70. The van der Waals surface area contributed by atoms with Crippen molar-refractivity contribution in [1.29, 1.82) is 0 Å². The van der Waals surface area contributed by atoms with E-state index >= 15 is 0 Å². The van der Waals surface area contributed by atoms with E-state index < -0.39 is 5.54 Å². The Morgan fingerprint density at radius 3 is 2.60 bits per heavy atom. The van der Waals surface area contributed by atoms with E-state index in [1.807, 2.05) is 18.7 Å². The zero-order chi connectivity index (χ0) is 18.0. The molecule has 6 heteroatoms. The molecule has 2 aromatic rings. The highest BCUT2D eigenvalue weighted by molar-refractivity contribution is 5.80.